The van der Waals surface area contributed by atoms with Crippen LogP contribution in [0.25, 0.3) is 0 Å². The highest BCUT2D eigenvalue weighted by molar-refractivity contribution is 5.76. The second kappa shape index (κ2) is 7.76. The van der Waals surface area contributed by atoms with Crippen molar-refractivity contribution >= 4 is 5.91 Å². The van der Waals surface area contributed by atoms with Gasteiger partial charge in [0.2, 0.25) is 5.91 Å². The number of hydrogen-bond acceptors (Lipinski definition) is 2. The van der Waals surface area contributed by atoms with Gasteiger partial charge in [0.1, 0.15) is 0 Å². The number of nitrogens with zero attached hydrogens (tertiary/aromatic N) is 1. The van der Waals surface area contributed by atoms with E-state index in [0.717, 1.165) is 5.56 Å². The summed E-state index contributed by atoms with van der Waals surface area (Å²) >= 11 is 0. The molecule has 0 bridgehead atoms. The minimum atomic E-state index is -0.0861. The number of amides is 1. The molecule has 2 aromatic carbocycles. The molecule has 0 aliphatic rings. The zero-order chi connectivity index (χ0) is 15.9. The van der Waals surface area contributed by atoms with Gasteiger partial charge in [0, 0.05) is 26.1 Å². The van der Waals surface area contributed by atoms with Gasteiger partial charge in [-0.3, -0.25) is 4.79 Å². The van der Waals surface area contributed by atoms with Gasteiger partial charge in [-0.2, -0.15) is 0 Å². The maximum atomic E-state index is 12.3. The van der Waals surface area contributed by atoms with Crippen molar-refractivity contribution in [3.8, 4) is 0 Å². The first-order chi connectivity index (χ1) is 10.6. The Morgan fingerprint density at radius 2 is 1.73 bits per heavy atom. The standard InChI is InChI=1S/C19H24N2O/c1-15-8-6-7-11-17(15)14-21(2)19(22)13-12-18(20)16-9-4-3-5-10-16/h3-11,18H,12-14,20H2,1-2H3/t18-/m1/s1. The van der Waals surface area contributed by atoms with Crippen LogP contribution < -0.4 is 5.73 Å². The largest absolute Gasteiger partial charge is 0.341 e. The van der Waals surface area contributed by atoms with Crippen LogP contribution in [0.15, 0.2) is 54.6 Å². The van der Waals surface area contributed by atoms with E-state index in [1.165, 1.54) is 11.1 Å². The number of aryl methyl sites for hydroxylation is 1. The van der Waals surface area contributed by atoms with Crippen molar-refractivity contribution in [2.75, 3.05) is 7.05 Å². The molecule has 1 amide bonds. The molecule has 1 atom stereocenters. The van der Waals surface area contributed by atoms with Crippen molar-refractivity contribution in [3.63, 3.8) is 0 Å². The van der Waals surface area contributed by atoms with Crippen LogP contribution in [0.3, 0.4) is 0 Å². The minimum absolute atomic E-state index is 0.0861. The van der Waals surface area contributed by atoms with Gasteiger partial charge in [0.15, 0.2) is 0 Å². The number of carbonyl (C=O) groups is 1. The van der Waals surface area contributed by atoms with E-state index in [1.54, 1.807) is 4.90 Å². The van der Waals surface area contributed by atoms with E-state index >= 15 is 0 Å². The molecule has 22 heavy (non-hydrogen) atoms. The van der Waals surface area contributed by atoms with E-state index in [1.807, 2.05) is 49.5 Å². The first kappa shape index (κ1) is 16.2. The summed E-state index contributed by atoms with van der Waals surface area (Å²) in [5, 5.41) is 0. The normalized spacial score (nSPS) is 12.0. The van der Waals surface area contributed by atoms with E-state index in [-0.39, 0.29) is 11.9 Å². The van der Waals surface area contributed by atoms with Crippen molar-refractivity contribution in [3.05, 3.63) is 71.3 Å². The number of nitrogens with two attached hydrogens (primary N) is 1. The molecule has 0 unspecified atom stereocenters. The lowest BCUT2D eigenvalue weighted by molar-refractivity contribution is -0.130. The topological polar surface area (TPSA) is 46.3 Å². The predicted molar refractivity (Wildman–Crippen MR) is 90.3 cm³/mol. The fourth-order valence-electron chi connectivity index (χ4n) is 2.47. The Bertz CT molecular complexity index is 610. The molecule has 0 radical (unpaired) electrons. The number of benzene rings is 2. The molecule has 0 saturated heterocycles. The third kappa shape index (κ3) is 4.43. The molecule has 0 aliphatic carbocycles. The first-order valence-corrected chi connectivity index (χ1v) is 7.67. The van der Waals surface area contributed by atoms with E-state index < -0.39 is 0 Å². The first-order valence-electron chi connectivity index (χ1n) is 7.67. The summed E-state index contributed by atoms with van der Waals surface area (Å²) in [7, 11) is 1.85. The van der Waals surface area contributed by atoms with Gasteiger partial charge < -0.3 is 10.6 Å². The fraction of sp³-hybridized carbons (Fsp3) is 0.316. The summed E-state index contributed by atoms with van der Waals surface area (Å²) in [4.78, 5) is 14.0. The molecule has 3 heteroatoms. The number of carbonyl (C=O) groups excluding carboxylic acids is 1. The molecule has 2 rings (SSSR count). The highest BCUT2D eigenvalue weighted by Gasteiger charge is 2.13. The Morgan fingerprint density at radius 3 is 2.41 bits per heavy atom. The van der Waals surface area contributed by atoms with Gasteiger partial charge in [0.05, 0.1) is 0 Å². The van der Waals surface area contributed by atoms with Gasteiger partial charge in [0.25, 0.3) is 0 Å². The van der Waals surface area contributed by atoms with Gasteiger partial charge in [-0.1, -0.05) is 54.6 Å². The van der Waals surface area contributed by atoms with Crippen molar-refractivity contribution < 1.29 is 4.79 Å². The molecular formula is C19H24N2O. The summed E-state index contributed by atoms with van der Waals surface area (Å²) in [5.41, 5.74) is 9.63. The predicted octanol–water partition coefficient (Wildman–Crippen LogP) is 3.43. The third-order valence-electron chi connectivity index (χ3n) is 3.99. The quantitative estimate of drug-likeness (QED) is 0.887. The average molecular weight is 296 g/mol. The lowest BCUT2D eigenvalue weighted by Crippen LogP contribution is -2.27. The summed E-state index contributed by atoms with van der Waals surface area (Å²) in [5.74, 6) is 0.134. The van der Waals surface area contributed by atoms with Crippen LogP contribution >= 0.6 is 0 Å². The number of rotatable bonds is 6. The zero-order valence-electron chi connectivity index (χ0n) is 13.3. The highest BCUT2D eigenvalue weighted by Crippen LogP contribution is 2.16. The SMILES string of the molecule is Cc1ccccc1CN(C)C(=O)CC[C@@H](N)c1ccccc1. The van der Waals surface area contributed by atoms with Crippen LogP contribution in [0.5, 0.6) is 0 Å². The minimum Gasteiger partial charge on any atom is -0.341 e. The molecule has 0 saturated carbocycles. The van der Waals surface area contributed by atoms with E-state index in [4.69, 9.17) is 5.73 Å². The van der Waals surface area contributed by atoms with Gasteiger partial charge in [-0.25, -0.2) is 0 Å². The Balaban J connectivity index is 1.85. The Kier molecular flexibility index (Phi) is 5.73. The summed E-state index contributed by atoms with van der Waals surface area (Å²) in [6, 6.07) is 18.0. The second-order valence-electron chi connectivity index (χ2n) is 5.73. The van der Waals surface area contributed by atoms with Crippen LogP contribution in [0.4, 0.5) is 0 Å². The molecule has 0 aliphatic heterocycles. The molecule has 0 spiro atoms. The molecule has 116 valence electrons. The average Bonchev–Trinajstić information content (AvgIpc) is 2.55. The van der Waals surface area contributed by atoms with E-state index in [2.05, 4.69) is 19.1 Å². The lowest BCUT2D eigenvalue weighted by Gasteiger charge is -2.20. The third-order valence-corrected chi connectivity index (χ3v) is 3.99. The zero-order valence-corrected chi connectivity index (χ0v) is 13.3. The van der Waals surface area contributed by atoms with Crippen LogP contribution in [-0.4, -0.2) is 17.9 Å². The maximum absolute atomic E-state index is 12.3. The van der Waals surface area contributed by atoms with Crippen LogP contribution in [0.1, 0.15) is 35.6 Å². The second-order valence-corrected chi connectivity index (χ2v) is 5.73. The summed E-state index contributed by atoms with van der Waals surface area (Å²) < 4.78 is 0. The molecule has 0 fully saturated rings. The van der Waals surface area contributed by atoms with Crippen LogP contribution in [-0.2, 0) is 11.3 Å². The number of hydrogen-bond donors (Lipinski definition) is 1. The Hall–Kier alpha value is -2.13. The molecule has 2 N–H and O–H groups in total. The molecule has 0 heterocycles. The molecule has 2 aromatic rings. The van der Waals surface area contributed by atoms with Crippen molar-refractivity contribution in [1.29, 1.82) is 0 Å². The Morgan fingerprint density at radius 1 is 1.09 bits per heavy atom. The smallest absolute Gasteiger partial charge is 0.222 e. The van der Waals surface area contributed by atoms with Crippen LogP contribution in [0, 0.1) is 6.92 Å². The fourth-order valence-corrected chi connectivity index (χ4v) is 2.47. The van der Waals surface area contributed by atoms with Crippen molar-refractivity contribution in [2.24, 2.45) is 5.73 Å². The lowest BCUT2D eigenvalue weighted by atomic mass is 10.0. The van der Waals surface area contributed by atoms with E-state index in [9.17, 15) is 4.79 Å². The Labute approximate surface area is 132 Å². The van der Waals surface area contributed by atoms with E-state index in [0.29, 0.717) is 19.4 Å². The molecule has 3 nitrogen and oxygen atoms in total. The molecular weight excluding hydrogens is 272 g/mol. The van der Waals surface area contributed by atoms with Crippen molar-refractivity contribution in [2.45, 2.75) is 32.4 Å². The van der Waals surface area contributed by atoms with Gasteiger partial charge in [-0.05, 0) is 30.0 Å². The summed E-state index contributed by atoms with van der Waals surface area (Å²) in [6.45, 7) is 2.71. The molecule has 0 aromatic heterocycles. The van der Waals surface area contributed by atoms with Gasteiger partial charge in [-0.15, -0.1) is 0 Å². The summed E-state index contributed by atoms with van der Waals surface area (Å²) in [6.07, 6.45) is 1.14. The highest BCUT2D eigenvalue weighted by atomic mass is 16.2. The maximum Gasteiger partial charge on any atom is 0.222 e. The van der Waals surface area contributed by atoms with Crippen molar-refractivity contribution in [1.82, 2.24) is 4.90 Å². The van der Waals surface area contributed by atoms with Crippen LogP contribution in [0.2, 0.25) is 0 Å². The van der Waals surface area contributed by atoms with Gasteiger partial charge >= 0.3 is 0 Å². The monoisotopic (exact) mass is 296 g/mol.